The van der Waals surface area contributed by atoms with Gasteiger partial charge in [0.2, 0.25) is 0 Å². The Hall–Kier alpha value is -2.54. The minimum absolute atomic E-state index is 0.00873. The molecule has 3 aromatic rings. The third kappa shape index (κ3) is 3.59. The summed E-state index contributed by atoms with van der Waals surface area (Å²) in [5.41, 5.74) is 2.66. The average molecular weight is 455 g/mol. The molecule has 0 aromatic carbocycles. The van der Waals surface area contributed by atoms with E-state index in [4.69, 9.17) is 0 Å². The van der Waals surface area contributed by atoms with Crippen molar-refractivity contribution in [3.8, 4) is 0 Å². The number of pyridine rings is 3. The van der Waals surface area contributed by atoms with Crippen molar-refractivity contribution in [3.05, 3.63) is 68.4 Å². The zero-order chi connectivity index (χ0) is 20.7. The first kappa shape index (κ1) is 19.8. The summed E-state index contributed by atoms with van der Waals surface area (Å²) in [5.74, 6) is -0.00873. The minimum Gasteiger partial charge on any atom is -0.335 e. The molecule has 1 atom stereocenters. The standard InChI is InChI=1S/C22H23BrN4O2/c1-13(2)26-10-8-15-6-7-16(25-19(15)21(26)28)11-14(3)27-12-18(23)17-5-4-9-24-20(17)22(27)29/h4-7,9,12-14H,8,10-11H2,1-3H3. The van der Waals surface area contributed by atoms with Crippen molar-refractivity contribution in [1.82, 2.24) is 19.4 Å². The molecule has 1 unspecified atom stereocenters. The molecule has 1 aliphatic rings. The number of hydrogen-bond donors (Lipinski definition) is 0. The number of hydrogen-bond acceptors (Lipinski definition) is 4. The van der Waals surface area contributed by atoms with E-state index in [1.165, 1.54) is 0 Å². The SMILES string of the molecule is CC(C)N1CCc2ccc(CC(C)n3cc(Br)c4cccnc4c3=O)nc2C1=O. The Labute approximate surface area is 177 Å². The Kier molecular flexibility index (Phi) is 5.25. The van der Waals surface area contributed by atoms with Gasteiger partial charge in [0, 0.05) is 53.0 Å². The van der Waals surface area contributed by atoms with Gasteiger partial charge in [-0.3, -0.25) is 14.6 Å². The molecule has 1 amide bonds. The van der Waals surface area contributed by atoms with Gasteiger partial charge >= 0.3 is 0 Å². The fourth-order valence-electron chi connectivity index (χ4n) is 3.87. The molecule has 0 radical (unpaired) electrons. The number of amides is 1. The fraction of sp³-hybridized carbons (Fsp3) is 0.364. The van der Waals surface area contributed by atoms with Crippen LogP contribution in [0.25, 0.3) is 10.9 Å². The maximum Gasteiger partial charge on any atom is 0.277 e. The molecular formula is C22H23BrN4O2. The molecule has 0 aliphatic carbocycles. The first-order chi connectivity index (χ1) is 13.9. The van der Waals surface area contributed by atoms with Crippen LogP contribution in [0.15, 0.2) is 45.9 Å². The van der Waals surface area contributed by atoms with E-state index in [2.05, 4.69) is 25.9 Å². The molecule has 4 rings (SSSR count). The molecule has 4 heterocycles. The highest BCUT2D eigenvalue weighted by Gasteiger charge is 2.28. The predicted octanol–water partition coefficient (Wildman–Crippen LogP) is 3.76. The number of rotatable bonds is 4. The van der Waals surface area contributed by atoms with Crippen LogP contribution in [0.5, 0.6) is 0 Å². The normalized spacial score (nSPS) is 15.1. The van der Waals surface area contributed by atoms with E-state index in [1.54, 1.807) is 17.0 Å². The molecule has 0 bridgehead atoms. The summed E-state index contributed by atoms with van der Waals surface area (Å²) >= 11 is 3.55. The molecule has 1 aliphatic heterocycles. The smallest absolute Gasteiger partial charge is 0.277 e. The molecule has 7 heteroatoms. The molecule has 150 valence electrons. The average Bonchev–Trinajstić information content (AvgIpc) is 2.71. The Morgan fingerprint density at radius 2 is 1.97 bits per heavy atom. The van der Waals surface area contributed by atoms with Crippen LogP contribution in [-0.2, 0) is 12.8 Å². The summed E-state index contributed by atoms with van der Waals surface area (Å²) in [6.45, 7) is 6.75. The largest absolute Gasteiger partial charge is 0.335 e. The summed E-state index contributed by atoms with van der Waals surface area (Å²) in [6, 6.07) is 7.68. The molecule has 0 N–H and O–H groups in total. The van der Waals surface area contributed by atoms with Gasteiger partial charge in [-0.05, 0) is 66.9 Å². The summed E-state index contributed by atoms with van der Waals surface area (Å²) in [5, 5.41) is 0.798. The Morgan fingerprint density at radius 1 is 1.17 bits per heavy atom. The minimum atomic E-state index is -0.129. The van der Waals surface area contributed by atoms with Gasteiger partial charge in [0.1, 0.15) is 11.2 Å². The highest BCUT2D eigenvalue weighted by molar-refractivity contribution is 9.10. The predicted molar refractivity (Wildman–Crippen MR) is 116 cm³/mol. The Bertz CT molecular complexity index is 1160. The van der Waals surface area contributed by atoms with Crippen LogP contribution in [0.3, 0.4) is 0 Å². The maximum atomic E-state index is 12.9. The number of nitrogens with zero attached hydrogens (tertiary/aromatic N) is 4. The molecule has 29 heavy (non-hydrogen) atoms. The van der Waals surface area contributed by atoms with E-state index in [9.17, 15) is 9.59 Å². The van der Waals surface area contributed by atoms with Crippen molar-refractivity contribution in [2.75, 3.05) is 6.54 Å². The van der Waals surface area contributed by atoms with Gasteiger partial charge < -0.3 is 9.47 Å². The second-order valence-electron chi connectivity index (χ2n) is 7.79. The van der Waals surface area contributed by atoms with E-state index < -0.39 is 0 Å². The van der Waals surface area contributed by atoms with Gasteiger partial charge in [-0.25, -0.2) is 4.98 Å². The fourth-order valence-corrected chi connectivity index (χ4v) is 4.41. The van der Waals surface area contributed by atoms with Crippen molar-refractivity contribution < 1.29 is 4.79 Å². The van der Waals surface area contributed by atoms with Gasteiger partial charge in [-0.15, -0.1) is 0 Å². The summed E-state index contributed by atoms with van der Waals surface area (Å²) in [6.07, 6.45) is 4.81. The Balaban J connectivity index is 1.66. The monoisotopic (exact) mass is 454 g/mol. The zero-order valence-corrected chi connectivity index (χ0v) is 18.3. The molecule has 3 aromatic heterocycles. The molecule has 0 spiro atoms. The molecule has 0 saturated heterocycles. The lowest BCUT2D eigenvalue weighted by Gasteiger charge is -2.31. The van der Waals surface area contributed by atoms with E-state index in [0.29, 0.717) is 17.6 Å². The van der Waals surface area contributed by atoms with Crippen LogP contribution >= 0.6 is 15.9 Å². The number of aromatic nitrogens is 3. The van der Waals surface area contributed by atoms with Crippen molar-refractivity contribution in [2.45, 2.75) is 45.7 Å². The van der Waals surface area contributed by atoms with E-state index in [0.717, 1.165) is 34.1 Å². The molecule has 0 saturated carbocycles. The van der Waals surface area contributed by atoms with Crippen LogP contribution in [0.1, 0.15) is 48.6 Å². The van der Waals surface area contributed by atoms with Crippen LogP contribution in [0, 0.1) is 0 Å². The number of halogens is 1. The summed E-state index contributed by atoms with van der Waals surface area (Å²) in [4.78, 5) is 36.5. The third-order valence-corrected chi connectivity index (χ3v) is 6.11. The quantitative estimate of drug-likeness (QED) is 0.601. The van der Waals surface area contributed by atoms with Crippen molar-refractivity contribution in [3.63, 3.8) is 0 Å². The molecule has 0 fully saturated rings. The lowest BCUT2D eigenvalue weighted by atomic mass is 10.0. The zero-order valence-electron chi connectivity index (χ0n) is 16.7. The summed E-state index contributed by atoms with van der Waals surface area (Å²) < 4.78 is 2.51. The maximum absolute atomic E-state index is 12.9. The van der Waals surface area contributed by atoms with E-state index >= 15 is 0 Å². The lowest BCUT2D eigenvalue weighted by molar-refractivity contribution is 0.0681. The molecule has 6 nitrogen and oxygen atoms in total. The van der Waals surface area contributed by atoms with Crippen LogP contribution in [0.4, 0.5) is 0 Å². The first-order valence-corrected chi connectivity index (χ1v) is 10.6. The number of carbonyl (C=O) groups is 1. The first-order valence-electron chi connectivity index (χ1n) is 9.82. The number of fused-ring (bicyclic) bond motifs is 2. The van der Waals surface area contributed by atoms with Crippen molar-refractivity contribution in [2.24, 2.45) is 0 Å². The van der Waals surface area contributed by atoms with Gasteiger partial charge in [-0.1, -0.05) is 6.07 Å². The van der Waals surface area contributed by atoms with Crippen LogP contribution < -0.4 is 5.56 Å². The second kappa shape index (κ2) is 7.71. The highest BCUT2D eigenvalue weighted by Crippen LogP contribution is 2.23. The van der Waals surface area contributed by atoms with Gasteiger partial charge in [0.25, 0.3) is 11.5 Å². The van der Waals surface area contributed by atoms with Gasteiger partial charge in [-0.2, -0.15) is 0 Å². The van der Waals surface area contributed by atoms with Crippen molar-refractivity contribution in [1.29, 1.82) is 0 Å². The number of carbonyl (C=O) groups excluding carboxylic acids is 1. The van der Waals surface area contributed by atoms with Crippen molar-refractivity contribution >= 4 is 32.7 Å². The van der Waals surface area contributed by atoms with Gasteiger partial charge in [0.15, 0.2) is 0 Å². The van der Waals surface area contributed by atoms with Gasteiger partial charge in [0.05, 0.1) is 0 Å². The van der Waals surface area contributed by atoms with E-state index in [-0.39, 0.29) is 23.6 Å². The highest BCUT2D eigenvalue weighted by atomic mass is 79.9. The lowest BCUT2D eigenvalue weighted by Crippen LogP contribution is -2.42. The summed E-state index contributed by atoms with van der Waals surface area (Å²) in [7, 11) is 0. The third-order valence-electron chi connectivity index (χ3n) is 5.48. The van der Waals surface area contributed by atoms with Crippen LogP contribution in [-0.4, -0.2) is 37.9 Å². The van der Waals surface area contributed by atoms with E-state index in [1.807, 2.05) is 49.9 Å². The molecular weight excluding hydrogens is 432 g/mol. The second-order valence-corrected chi connectivity index (χ2v) is 8.65. The topological polar surface area (TPSA) is 68.1 Å². The Morgan fingerprint density at radius 3 is 2.72 bits per heavy atom. The van der Waals surface area contributed by atoms with Crippen LogP contribution in [0.2, 0.25) is 0 Å².